The van der Waals surface area contributed by atoms with E-state index < -0.39 is 18.3 Å². The van der Waals surface area contributed by atoms with Gasteiger partial charge in [0.1, 0.15) is 0 Å². The van der Waals surface area contributed by atoms with E-state index in [2.05, 4.69) is 10.2 Å². The van der Waals surface area contributed by atoms with Gasteiger partial charge in [0.15, 0.2) is 0 Å². The number of rotatable bonds is 3. The predicted molar refractivity (Wildman–Crippen MR) is 55.7 cm³/mol. The summed E-state index contributed by atoms with van der Waals surface area (Å²) in [6, 6.07) is 4.39. The maximum atomic E-state index is 12.8. The second-order valence-corrected chi connectivity index (χ2v) is 3.51. The number of fused-ring (bicyclic) bond motifs is 1. The lowest BCUT2D eigenvalue weighted by atomic mass is 10.2. The molecule has 96 valence electrons. The van der Waals surface area contributed by atoms with Gasteiger partial charge in [-0.15, -0.1) is 0 Å². The Labute approximate surface area is 98.0 Å². The van der Waals surface area contributed by atoms with Gasteiger partial charge in [0, 0.05) is 5.39 Å². The lowest BCUT2D eigenvalue weighted by molar-refractivity contribution is -0.163. The first-order valence-electron chi connectivity index (χ1n) is 4.82. The van der Waals surface area contributed by atoms with Crippen molar-refractivity contribution in [1.29, 1.82) is 0 Å². The predicted octanol–water partition coefficient (Wildman–Crippen LogP) is 2.40. The first-order chi connectivity index (χ1) is 8.43. The molecule has 1 aromatic carbocycles. The minimum atomic E-state index is -4.73. The van der Waals surface area contributed by atoms with Crippen LogP contribution in [0.2, 0.25) is 0 Å². The molecule has 8 heteroatoms. The molecule has 0 saturated heterocycles. The molecule has 0 fully saturated rings. The Hall–Kier alpha value is -2.12. The summed E-state index contributed by atoms with van der Waals surface area (Å²) in [5.41, 5.74) is 0.486. The second kappa shape index (κ2) is 4.28. The molecule has 0 saturated carbocycles. The normalized spacial score (nSPS) is 12.1. The van der Waals surface area contributed by atoms with Gasteiger partial charge in [0.05, 0.1) is 17.4 Å². The van der Waals surface area contributed by atoms with Gasteiger partial charge >= 0.3 is 18.3 Å². The third-order valence-corrected chi connectivity index (χ3v) is 2.31. The third kappa shape index (κ3) is 2.01. The number of halogens is 4. The van der Waals surface area contributed by atoms with Crippen LogP contribution >= 0.6 is 0 Å². The van der Waals surface area contributed by atoms with E-state index in [9.17, 15) is 22.4 Å². The number of aromatic amines is 1. The van der Waals surface area contributed by atoms with E-state index in [0.29, 0.717) is 10.9 Å². The van der Waals surface area contributed by atoms with Gasteiger partial charge in [0.2, 0.25) is 0 Å². The molecule has 0 bridgehead atoms. The minimum absolute atomic E-state index is 0.00780. The number of nitrogens with zero attached hydrogens (tertiary/aromatic N) is 1. The zero-order valence-electron chi connectivity index (χ0n) is 8.75. The highest BCUT2D eigenvalue weighted by molar-refractivity contribution is 6.03. The smallest absolute Gasteiger partial charge is 0.320 e. The number of nitrogens with one attached hydrogen (secondary N) is 2. The van der Waals surface area contributed by atoms with Crippen molar-refractivity contribution in [2.75, 3.05) is 5.32 Å². The van der Waals surface area contributed by atoms with E-state index in [-0.39, 0.29) is 5.69 Å². The number of amides is 1. The highest BCUT2D eigenvalue weighted by atomic mass is 19.3. The maximum Gasteiger partial charge on any atom is 0.383 e. The lowest BCUT2D eigenvalue weighted by Crippen LogP contribution is -2.41. The van der Waals surface area contributed by atoms with Crippen molar-refractivity contribution in [3.05, 3.63) is 24.4 Å². The van der Waals surface area contributed by atoms with Crippen molar-refractivity contribution in [3.8, 4) is 0 Å². The van der Waals surface area contributed by atoms with Crippen molar-refractivity contribution in [3.63, 3.8) is 0 Å². The molecule has 0 atom stereocenters. The van der Waals surface area contributed by atoms with Crippen LogP contribution in [-0.2, 0) is 4.79 Å². The van der Waals surface area contributed by atoms with Crippen molar-refractivity contribution in [1.82, 2.24) is 10.2 Å². The summed E-state index contributed by atoms with van der Waals surface area (Å²) in [5.74, 6) is -6.78. The fourth-order valence-electron chi connectivity index (χ4n) is 1.38. The number of anilines is 1. The molecule has 1 amide bonds. The number of carbonyl (C=O) groups is 1. The Kier molecular flexibility index (Phi) is 2.93. The Morgan fingerprint density at radius 1 is 1.39 bits per heavy atom. The summed E-state index contributed by atoms with van der Waals surface area (Å²) in [7, 11) is 0. The number of alkyl halides is 4. The average Bonchev–Trinajstić information content (AvgIpc) is 2.77. The van der Waals surface area contributed by atoms with Gasteiger partial charge in [-0.05, 0) is 12.1 Å². The Morgan fingerprint density at radius 3 is 2.78 bits per heavy atom. The minimum Gasteiger partial charge on any atom is -0.320 e. The van der Waals surface area contributed by atoms with Gasteiger partial charge < -0.3 is 5.32 Å². The van der Waals surface area contributed by atoms with Crippen molar-refractivity contribution < 1.29 is 22.4 Å². The van der Waals surface area contributed by atoms with Crippen LogP contribution in [0.4, 0.5) is 23.2 Å². The summed E-state index contributed by atoms with van der Waals surface area (Å²) in [5, 5.41) is 8.33. The van der Waals surface area contributed by atoms with E-state index in [4.69, 9.17) is 0 Å². The van der Waals surface area contributed by atoms with Gasteiger partial charge in [-0.3, -0.25) is 9.89 Å². The summed E-state index contributed by atoms with van der Waals surface area (Å²) < 4.78 is 49.5. The van der Waals surface area contributed by atoms with Crippen molar-refractivity contribution >= 4 is 22.5 Å². The van der Waals surface area contributed by atoms with Gasteiger partial charge in [-0.1, -0.05) is 6.07 Å². The summed E-state index contributed by atoms with van der Waals surface area (Å²) in [6.07, 6.45) is -2.76. The van der Waals surface area contributed by atoms with E-state index >= 15 is 0 Å². The SMILES string of the molecule is O=C(Nc1cccc2[nH]ncc12)C(F)(F)C(F)F. The van der Waals surface area contributed by atoms with Crippen molar-refractivity contribution in [2.24, 2.45) is 0 Å². The zero-order valence-corrected chi connectivity index (χ0v) is 8.75. The number of H-pyrrole nitrogens is 1. The van der Waals surface area contributed by atoms with Gasteiger partial charge in [-0.25, -0.2) is 8.78 Å². The van der Waals surface area contributed by atoms with E-state index in [0.717, 1.165) is 0 Å². The van der Waals surface area contributed by atoms with E-state index in [1.807, 2.05) is 0 Å². The van der Waals surface area contributed by atoms with Crippen molar-refractivity contribution in [2.45, 2.75) is 12.3 Å². The van der Waals surface area contributed by atoms with Crippen LogP contribution in [0, 0.1) is 0 Å². The molecule has 0 unspecified atom stereocenters. The maximum absolute atomic E-state index is 12.8. The molecule has 0 aliphatic carbocycles. The Balaban J connectivity index is 2.29. The lowest BCUT2D eigenvalue weighted by Gasteiger charge is -2.15. The first kappa shape index (κ1) is 12.3. The number of benzene rings is 1. The number of aromatic nitrogens is 2. The third-order valence-electron chi connectivity index (χ3n) is 2.31. The monoisotopic (exact) mass is 261 g/mol. The van der Waals surface area contributed by atoms with Crippen LogP contribution in [-0.4, -0.2) is 28.5 Å². The molecular weight excluding hydrogens is 254 g/mol. The largest absolute Gasteiger partial charge is 0.383 e. The summed E-state index contributed by atoms with van der Waals surface area (Å²) in [6.45, 7) is 0. The quantitative estimate of drug-likeness (QED) is 0.833. The molecule has 0 aliphatic rings. The Bertz CT molecular complexity index is 581. The average molecular weight is 261 g/mol. The second-order valence-electron chi connectivity index (χ2n) is 3.51. The Morgan fingerprint density at radius 2 is 2.11 bits per heavy atom. The van der Waals surface area contributed by atoms with E-state index in [1.165, 1.54) is 18.3 Å². The molecule has 2 aromatic rings. The van der Waals surface area contributed by atoms with Gasteiger partial charge in [0.25, 0.3) is 0 Å². The molecule has 2 rings (SSSR count). The number of hydrogen-bond donors (Lipinski definition) is 2. The number of hydrogen-bond acceptors (Lipinski definition) is 2. The molecule has 4 nitrogen and oxygen atoms in total. The van der Waals surface area contributed by atoms with Crippen LogP contribution in [0.1, 0.15) is 0 Å². The zero-order chi connectivity index (χ0) is 13.3. The van der Waals surface area contributed by atoms with E-state index in [1.54, 1.807) is 11.4 Å². The molecule has 0 radical (unpaired) electrons. The topological polar surface area (TPSA) is 57.8 Å². The van der Waals surface area contributed by atoms with Crippen LogP contribution in [0.25, 0.3) is 10.9 Å². The van der Waals surface area contributed by atoms with Crippen LogP contribution < -0.4 is 5.32 Å². The molecule has 18 heavy (non-hydrogen) atoms. The fourth-order valence-corrected chi connectivity index (χ4v) is 1.38. The molecular formula is C10H7F4N3O. The standard InChI is InChI=1S/C10H7F4N3O/c11-8(12)10(13,14)9(18)16-6-2-1-3-7-5(6)4-15-17-7/h1-4,8H,(H,15,17)(H,16,18). The van der Waals surface area contributed by atoms with Gasteiger partial charge in [-0.2, -0.15) is 13.9 Å². The molecule has 2 N–H and O–H groups in total. The highest BCUT2D eigenvalue weighted by Gasteiger charge is 2.49. The molecule has 0 spiro atoms. The highest BCUT2D eigenvalue weighted by Crippen LogP contribution is 2.27. The van der Waals surface area contributed by atoms with Crippen LogP contribution in [0.3, 0.4) is 0 Å². The van der Waals surface area contributed by atoms with Crippen LogP contribution in [0.15, 0.2) is 24.4 Å². The fraction of sp³-hybridized carbons (Fsp3) is 0.200. The molecule has 1 heterocycles. The molecule has 0 aliphatic heterocycles. The summed E-state index contributed by atoms with van der Waals surface area (Å²) in [4.78, 5) is 11.1. The summed E-state index contributed by atoms with van der Waals surface area (Å²) >= 11 is 0. The molecule has 1 aromatic heterocycles. The number of carbonyl (C=O) groups excluding carboxylic acids is 1. The first-order valence-corrected chi connectivity index (χ1v) is 4.82. The van der Waals surface area contributed by atoms with Crippen LogP contribution in [0.5, 0.6) is 0 Å².